The van der Waals surface area contributed by atoms with Gasteiger partial charge < -0.3 is 10.1 Å². The molecule has 0 saturated carbocycles. The minimum Gasteiger partial charge on any atom is -0.379 e. The van der Waals surface area contributed by atoms with Crippen molar-refractivity contribution < 1.29 is 9.53 Å². The fourth-order valence-corrected chi connectivity index (χ4v) is 4.13. The summed E-state index contributed by atoms with van der Waals surface area (Å²) in [6, 6.07) is 28.9. The van der Waals surface area contributed by atoms with Crippen LogP contribution in [0, 0.1) is 0 Å². The molecule has 4 rings (SSSR count). The highest BCUT2D eigenvalue weighted by atomic mass is 16.5. The van der Waals surface area contributed by atoms with E-state index >= 15 is 0 Å². The van der Waals surface area contributed by atoms with Crippen LogP contribution in [0.4, 0.5) is 0 Å². The lowest BCUT2D eigenvalue weighted by atomic mass is 9.88. The highest BCUT2D eigenvalue weighted by molar-refractivity contribution is 5.77. The number of hydrogen-bond acceptors (Lipinski definition) is 3. The van der Waals surface area contributed by atoms with Crippen molar-refractivity contribution in [1.82, 2.24) is 10.2 Å². The van der Waals surface area contributed by atoms with Crippen LogP contribution >= 0.6 is 0 Å². The molecule has 4 heteroatoms. The summed E-state index contributed by atoms with van der Waals surface area (Å²) in [6.07, 6.45) is 0.430. The van der Waals surface area contributed by atoms with Crippen LogP contribution in [0.15, 0.2) is 84.9 Å². The normalized spacial score (nSPS) is 14.5. The summed E-state index contributed by atoms with van der Waals surface area (Å²) >= 11 is 0. The minimum atomic E-state index is 0.0472. The number of morpholine rings is 1. The van der Waals surface area contributed by atoms with Crippen LogP contribution in [0.1, 0.15) is 34.6 Å². The molecule has 0 unspecified atom stereocenters. The van der Waals surface area contributed by atoms with Crippen LogP contribution in [0.3, 0.4) is 0 Å². The fourth-order valence-electron chi connectivity index (χ4n) is 4.13. The molecule has 1 aliphatic heterocycles. The highest BCUT2D eigenvalue weighted by Crippen LogP contribution is 2.27. The average Bonchev–Trinajstić information content (AvgIpc) is 2.84. The summed E-state index contributed by atoms with van der Waals surface area (Å²) in [5.41, 5.74) is 4.78. The van der Waals surface area contributed by atoms with Gasteiger partial charge >= 0.3 is 0 Å². The number of carbonyl (C=O) groups excluding carboxylic acids is 1. The van der Waals surface area contributed by atoms with Crippen molar-refractivity contribution >= 4 is 5.91 Å². The van der Waals surface area contributed by atoms with Gasteiger partial charge in [-0.3, -0.25) is 9.69 Å². The Labute approximate surface area is 184 Å². The summed E-state index contributed by atoms with van der Waals surface area (Å²) in [5.74, 6) is 0.116. The fraction of sp³-hybridized carbons (Fsp3) is 0.296. The van der Waals surface area contributed by atoms with Gasteiger partial charge in [-0.15, -0.1) is 0 Å². The third kappa shape index (κ3) is 6.03. The number of nitrogens with zero attached hydrogens (tertiary/aromatic N) is 1. The Morgan fingerprint density at radius 1 is 0.806 bits per heavy atom. The Balaban J connectivity index is 1.41. The zero-order valence-electron chi connectivity index (χ0n) is 17.9. The maximum atomic E-state index is 12.9. The summed E-state index contributed by atoms with van der Waals surface area (Å²) in [6.45, 7) is 4.94. The summed E-state index contributed by atoms with van der Waals surface area (Å²) in [4.78, 5) is 15.3. The van der Waals surface area contributed by atoms with Crippen molar-refractivity contribution in [3.8, 4) is 0 Å². The largest absolute Gasteiger partial charge is 0.379 e. The zero-order valence-corrected chi connectivity index (χ0v) is 17.9. The maximum Gasteiger partial charge on any atom is 0.221 e. The predicted octanol–water partition coefficient (Wildman–Crippen LogP) is 4.36. The van der Waals surface area contributed by atoms with Crippen molar-refractivity contribution in [2.45, 2.75) is 25.4 Å². The van der Waals surface area contributed by atoms with Crippen molar-refractivity contribution in [3.63, 3.8) is 0 Å². The van der Waals surface area contributed by atoms with Crippen molar-refractivity contribution in [2.75, 3.05) is 26.3 Å². The van der Waals surface area contributed by atoms with E-state index in [1.54, 1.807) is 0 Å². The zero-order chi connectivity index (χ0) is 21.3. The molecular formula is C27H30N2O2. The molecule has 0 aliphatic carbocycles. The first-order valence-electron chi connectivity index (χ1n) is 11.0. The topological polar surface area (TPSA) is 41.6 Å². The Morgan fingerprint density at radius 3 is 1.97 bits per heavy atom. The van der Waals surface area contributed by atoms with Crippen LogP contribution in [-0.4, -0.2) is 37.1 Å². The summed E-state index contributed by atoms with van der Waals surface area (Å²) in [7, 11) is 0. The maximum absolute atomic E-state index is 12.9. The lowest BCUT2D eigenvalue weighted by Crippen LogP contribution is -2.36. The molecule has 1 N–H and O–H groups in total. The average molecular weight is 415 g/mol. The van der Waals surface area contributed by atoms with E-state index in [1.807, 2.05) is 42.5 Å². The molecule has 1 saturated heterocycles. The first-order chi connectivity index (χ1) is 15.3. The Kier molecular flexibility index (Phi) is 7.48. The van der Waals surface area contributed by atoms with Crippen molar-refractivity contribution in [1.29, 1.82) is 0 Å². The molecule has 1 aliphatic rings. The van der Waals surface area contributed by atoms with E-state index in [2.05, 4.69) is 52.7 Å². The molecular weight excluding hydrogens is 384 g/mol. The van der Waals surface area contributed by atoms with E-state index in [1.165, 1.54) is 11.1 Å². The molecule has 31 heavy (non-hydrogen) atoms. The Morgan fingerprint density at radius 2 is 1.35 bits per heavy atom. The van der Waals surface area contributed by atoms with Gasteiger partial charge in [0.05, 0.1) is 13.2 Å². The second-order valence-corrected chi connectivity index (χ2v) is 8.01. The summed E-state index contributed by atoms with van der Waals surface area (Å²) in [5, 5.41) is 3.16. The molecule has 0 spiro atoms. The smallest absolute Gasteiger partial charge is 0.221 e. The lowest BCUT2D eigenvalue weighted by molar-refractivity contribution is -0.121. The molecule has 0 bridgehead atoms. The number of ether oxygens (including phenoxy) is 1. The molecule has 0 atom stereocenters. The Bertz CT molecular complexity index is 914. The van der Waals surface area contributed by atoms with Crippen LogP contribution in [0.2, 0.25) is 0 Å². The van der Waals surface area contributed by atoms with Crippen molar-refractivity contribution in [2.24, 2.45) is 0 Å². The monoisotopic (exact) mass is 414 g/mol. The van der Waals surface area contributed by atoms with Gasteiger partial charge in [-0.25, -0.2) is 0 Å². The van der Waals surface area contributed by atoms with Crippen LogP contribution in [0.5, 0.6) is 0 Å². The number of amides is 1. The third-order valence-corrected chi connectivity index (χ3v) is 5.89. The van der Waals surface area contributed by atoms with Crippen LogP contribution in [-0.2, 0) is 22.6 Å². The van der Waals surface area contributed by atoms with Crippen LogP contribution < -0.4 is 5.32 Å². The third-order valence-electron chi connectivity index (χ3n) is 5.89. The molecule has 1 heterocycles. The molecule has 1 amide bonds. The van der Waals surface area contributed by atoms with Gasteiger partial charge in [0.1, 0.15) is 0 Å². The van der Waals surface area contributed by atoms with Gasteiger partial charge in [0.25, 0.3) is 0 Å². The number of benzene rings is 3. The predicted molar refractivity (Wildman–Crippen MR) is 124 cm³/mol. The van der Waals surface area contributed by atoms with E-state index < -0.39 is 0 Å². The van der Waals surface area contributed by atoms with E-state index in [0.717, 1.165) is 44.0 Å². The molecule has 1 fully saturated rings. The first-order valence-corrected chi connectivity index (χ1v) is 11.0. The standard InChI is InChI=1S/C27H30N2O2/c30-27(19-26(22-9-3-1-4-10-22)23-11-5-2-6-12-23)28-20-24-13-7-8-14-25(24)21-29-15-17-31-18-16-29/h1-14,26H,15-21H2,(H,28,30). The van der Waals surface area contributed by atoms with E-state index in [9.17, 15) is 4.79 Å². The van der Waals surface area contributed by atoms with Gasteiger partial charge in [-0.05, 0) is 22.3 Å². The number of nitrogens with one attached hydrogen (secondary N) is 1. The number of rotatable bonds is 8. The van der Waals surface area contributed by atoms with Gasteiger partial charge in [0.15, 0.2) is 0 Å². The van der Waals surface area contributed by atoms with E-state index in [4.69, 9.17) is 4.74 Å². The second kappa shape index (κ2) is 10.9. The summed E-state index contributed by atoms with van der Waals surface area (Å²) < 4.78 is 5.46. The highest BCUT2D eigenvalue weighted by Gasteiger charge is 2.18. The Hall–Kier alpha value is -2.95. The van der Waals surface area contributed by atoms with Gasteiger partial charge in [-0.1, -0.05) is 84.9 Å². The van der Waals surface area contributed by atoms with Crippen LogP contribution in [0.25, 0.3) is 0 Å². The molecule has 0 radical (unpaired) electrons. The quantitative estimate of drug-likeness (QED) is 0.596. The molecule has 160 valence electrons. The minimum absolute atomic E-state index is 0.0472. The van der Waals surface area contributed by atoms with Gasteiger partial charge in [0, 0.05) is 38.5 Å². The number of carbonyl (C=O) groups is 1. The molecule has 3 aromatic rings. The second-order valence-electron chi connectivity index (χ2n) is 8.01. The van der Waals surface area contributed by atoms with Gasteiger partial charge in [-0.2, -0.15) is 0 Å². The lowest BCUT2D eigenvalue weighted by Gasteiger charge is -2.27. The number of hydrogen-bond donors (Lipinski definition) is 1. The first kappa shape index (κ1) is 21.3. The SMILES string of the molecule is O=C(CC(c1ccccc1)c1ccccc1)NCc1ccccc1CN1CCOCC1. The molecule has 0 aromatic heterocycles. The molecule has 4 nitrogen and oxygen atoms in total. The van der Waals surface area contributed by atoms with E-state index in [-0.39, 0.29) is 11.8 Å². The molecule has 3 aromatic carbocycles. The van der Waals surface area contributed by atoms with Crippen molar-refractivity contribution in [3.05, 3.63) is 107 Å². The van der Waals surface area contributed by atoms with E-state index in [0.29, 0.717) is 13.0 Å². The van der Waals surface area contributed by atoms with Gasteiger partial charge in [0.2, 0.25) is 5.91 Å².